The van der Waals surface area contributed by atoms with Crippen molar-refractivity contribution < 1.29 is 0 Å². The van der Waals surface area contributed by atoms with Crippen LogP contribution in [-0.2, 0) is 0 Å². The Hall–Kier alpha value is -7.02. The smallest absolute Gasteiger partial charge is 0.0352 e. The van der Waals surface area contributed by atoms with Crippen LogP contribution >= 0.6 is 0 Å². The summed E-state index contributed by atoms with van der Waals surface area (Å²) in [6.45, 7) is 0. The monoisotopic (exact) mass is 698 g/mol. The fourth-order valence-electron chi connectivity index (χ4n) is 8.34. The highest BCUT2D eigenvalue weighted by molar-refractivity contribution is 5.84. The lowest BCUT2D eigenvalue weighted by atomic mass is 9.88. The van der Waals surface area contributed by atoms with E-state index in [1.54, 1.807) is 0 Å². The number of benzene rings is 9. The molecule has 0 N–H and O–H groups in total. The molecule has 9 aromatic carbocycles. The molecule has 10 rings (SSSR count). The molecule has 258 valence electrons. The van der Waals surface area contributed by atoms with Gasteiger partial charge in [-0.25, -0.2) is 0 Å². The van der Waals surface area contributed by atoms with E-state index in [4.69, 9.17) is 0 Å². The SMILES string of the molecule is c1ccc(-c2ccc(-c3cc(-c4ccc(-c5ccccc5)cc4)cc(-c4ccc(-c5ccc(C6c7ccccc7-c7ccccc76)cc5)cc4)c3)cc2)cc1. The molecule has 0 aromatic heterocycles. The van der Waals surface area contributed by atoms with Crippen LogP contribution in [0.2, 0.25) is 0 Å². The average Bonchev–Trinajstić information content (AvgIpc) is 3.61. The summed E-state index contributed by atoms with van der Waals surface area (Å²) < 4.78 is 0. The molecule has 0 bridgehead atoms. The van der Waals surface area contributed by atoms with Gasteiger partial charge in [0.2, 0.25) is 0 Å². The number of fused-ring (bicyclic) bond motifs is 3. The lowest BCUT2D eigenvalue weighted by molar-refractivity contribution is 1.02. The average molecular weight is 699 g/mol. The zero-order valence-corrected chi connectivity index (χ0v) is 30.4. The zero-order chi connectivity index (χ0) is 36.6. The van der Waals surface area contributed by atoms with Gasteiger partial charge in [-0.15, -0.1) is 0 Å². The molecular weight excluding hydrogens is 661 g/mol. The first-order chi connectivity index (χ1) is 27.2. The van der Waals surface area contributed by atoms with Gasteiger partial charge in [0.1, 0.15) is 0 Å². The van der Waals surface area contributed by atoms with E-state index in [9.17, 15) is 0 Å². The van der Waals surface area contributed by atoms with Gasteiger partial charge in [0.05, 0.1) is 0 Å². The van der Waals surface area contributed by atoms with Crippen molar-refractivity contribution in [2.24, 2.45) is 0 Å². The Balaban J connectivity index is 0.976. The maximum atomic E-state index is 2.33. The molecule has 0 saturated carbocycles. The fraction of sp³-hybridized carbons (Fsp3) is 0.0182. The third kappa shape index (κ3) is 6.28. The zero-order valence-electron chi connectivity index (χ0n) is 30.4. The minimum atomic E-state index is 0.259. The predicted octanol–water partition coefficient (Wildman–Crippen LogP) is 14.8. The van der Waals surface area contributed by atoms with Crippen LogP contribution in [0.1, 0.15) is 22.6 Å². The van der Waals surface area contributed by atoms with Crippen LogP contribution in [0.4, 0.5) is 0 Å². The molecule has 0 heterocycles. The molecule has 0 unspecified atom stereocenters. The van der Waals surface area contributed by atoms with E-state index in [2.05, 4.69) is 224 Å². The molecule has 9 aromatic rings. The summed E-state index contributed by atoms with van der Waals surface area (Å²) in [6.07, 6.45) is 0. The normalized spacial score (nSPS) is 11.9. The summed E-state index contributed by atoms with van der Waals surface area (Å²) in [4.78, 5) is 0. The molecule has 1 aliphatic carbocycles. The van der Waals surface area contributed by atoms with Gasteiger partial charge >= 0.3 is 0 Å². The van der Waals surface area contributed by atoms with Gasteiger partial charge in [-0.3, -0.25) is 0 Å². The molecule has 0 atom stereocenters. The number of rotatable bonds is 7. The van der Waals surface area contributed by atoms with Crippen molar-refractivity contribution in [3.63, 3.8) is 0 Å². The van der Waals surface area contributed by atoms with Gasteiger partial charge in [0, 0.05) is 5.92 Å². The van der Waals surface area contributed by atoms with E-state index in [0.29, 0.717) is 0 Å². The van der Waals surface area contributed by atoms with E-state index in [0.717, 1.165) is 0 Å². The lowest BCUT2D eigenvalue weighted by Gasteiger charge is -2.15. The van der Waals surface area contributed by atoms with E-state index < -0.39 is 0 Å². The summed E-state index contributed by atoms with van der Waals surface area (Å²) >= 11 is 0. The van der Waals surface area contributed by atoms with E-state index in [1.165, 1.54) is 94.6 Å². The number of hydrogen-bond acceptors (Lipinski definition) is 0. The van der Waals surface area contributed by atoms with Gasteiger partial charge in [-0.05, 0) is 113 Å². The standard InChI is InChI=1S/C55H38/c1-3-11-38(12-4-1)40-19-25-44(26-20-40)48-35-49(45-27-21-41(22-28-45)39-13-5-2-6-14-39)37-50(36-48)46-29-23-42(24-30-46)43-31-33-47(34-32-43)55-53-17-9-7-15-51(53)52-16-8-10-18-54(52)55/h1-37,55H. The molecule has 0 aliphatic heterocycles. The summed E-state index contributed by atoms with van der Waals surface area (Å²) in [7, 11) is 0. The van der Waals surface area contributed by atoms with Crippen LogP contribution in [-0.4, -0.2) is 0 Å². The lowest BCUT2D eigenvalue weighted by Crippen LogP contribution is -1.98. The maximum absolute atomic E-state index is 2.33. The topological polar surface area (TPSA) is 0 Å². The van der Waals surface area contributed by atoms with Gasteiger partial charge < -0.3 is 0 Å². The molecular formula is C55H38. The van der Waals surface area contributed by atoms with Crippen molar-refractivity contribution in [2.45, 2.75) is 5.92 Å². The molecule has 0 radical (unpaired) electrons. The Kier molecular flexibility index (Phi) is 8.35. The third-order valence-corrected chi connectivity index (χ3v) is 11.2. The second-order valence-electron chi connectivity index (χ2n) is 14.5. The first kappa shape index (κ1) is 32.6. The Morgan fingerprint density at radius 1 is 0.200 bits per heavy atom. The van der Waals surface area contributed by atoms with Gasteiger partial charge in [-0.2, -0.15) is 0 Å². The molecule has 0 fully saturated rings. The van der Waals surface area contributed by atoms with E-state index in [1.807, 2.05) is 0 Å². The summed E-state index contributed by atoms with van der Waals surface area (Å²) in [5.74, 6) is 0.259. The molecule has 0 spiro atoms. The second kappa shape index (κ2) is 14.1. The fourth-order valence-corrected chi connectivity index (χ4v) is 8.34. The Morgan fingerprint density at radius 3 is 0.800 bits per heavy atom. The van der Waals surface area contributed by atoms with Crippen molar-refractivity contribution in [1.82, 2.24) is 0 Å². The minimum absolute atomic E-state index is 0.259. The minimum Gasteiger partial charge on any atom is -0.0622 e. The van der Waals surface area contributed by atoms with Crippen LogP contribution in [0.25, 0.3) is 77.9 Å². The quantitative estimate of drug-likeness (QED) is 0.155. The van der Waals surface area contributed by atoms with Crippen LogP contribution in [0, 0.1) is 0 Å². The van der Waals surface area contributed by atoms with Crippen LogP contribution in [0.15, 0.2) is 224 Å². The van der Waals surface area contributed by atoms with Gasteiger partial charge in [-0.1, -0.05) is 206 Å². The summed E-state index contributed by atoms with van der Waals surface area (Å²) in [5.41, 5.74) is 21.4. The van der Waals surface area contributed by atoms with E-state index in [-0.39, 0.29) is 5.92 Å². The van der Waals surface area contributed by atoms with Crippen LogP contribution < -0.4 is 0 Å². The molecule has 1 aliphatic rings. The van der Waals surface area contributed by atoms with Crippen molar-refractivity contribution in [2.75, 3.05) is 0 Å². The van der Waals surface area contributed by atoms with Crippen molar-refractivity contribution in [1.29, 1.82) is 0 Å². The van der Waals surface area contributed by atoms with Gasteiger partial charge in [0.15, 0.2) is 0 Å². The van der Waals surface area contributed by atoms with Crippen LogP contribution in [0.3, 0.4) is 0 Å². The summed E-state index contributed by atoms with van der Waals surface area (Å²) in [6, 6.07) is 82.1. The predicted molar refractivity (Wildman–Crippen MR) is 232 cm³/mol. The molecule has 0 heteroatoms. The summed E-state index contributed by atoms with van der Waals surface area (Å²) in [5, 5.41) is 0. The highest BCUT2D eigenvalue weighted by Gasteiger charge is 2.29. The number of hydrogen-bond donors (Lipinski definition) is 0. The third-order valence-electron chi connectivity index (χ3n) is 11.2. The molecule has 0 saturated heterocycles. The van der Waals surface area contributed by atoms with Crippen molar-refractivity contribution in [3.8, 4) is 77.9 Å². The van der Waals surface area contributed by atoms with Gasteiger partial charge in [0.25, 0.3) is 0 Å². The highest BCUT2D eigenvalue weighted by Crippen LogP contribution is 2.48. The molecule has 0 nitrogen and oxygen atoms in total. The van der Waals surface area contributed by atoms with E-state index >= 15 is 0 Å². The second-order valence-corrected chi connectivity index (χ2v) is 14.5. The molecule has 0 amide bonds. The highest BCUT2D eigenvalue weighted by atomic mass is 14.3. The Morgan fingerprint density at radius 2 is 0.455 bits per heavy atom. The first-order valence-electron chi connectivity index (χ1n) is 19.1. The molecule has 55 heavy (non-hydrogen) atoms. The first-order valence-corrected chi connectivity index (χ1v) is 19.1. The maximum Gasteiger partial charge on any atom is 0.0352 e. The Bertz CT molecular complexity index is 2590. The van der Waals surface area contributed by atoms with Crippen molar-refractivity contribution >= 4 is 0 Å². The Labute approximate surface area is 323 Å². The van der Waals surface area contributed by atoms with Crippen molar-refractivity contribution in [3.05, 3.63) is 241 Å². The largest absolute Gasteiger partial charge is 0.0622 e. The van der Waals surface area contributed by atoms with Crippen LogP contribution in [0.5, 0.6) is 0 Å².